The second-order valence-electron chi connectivity index (χ2n) is 3.58. The summed E-state index contributed by atoms with van der Waals surface area (Å²) < 4.78 is 28.5. The lowest BCUT2D eigenvalue weighted by Crippen LogP contribution is -2.34. The van der Waals surface area contributed by atoms with Gasteiger partial charge in [0.15, 0.2) is 0 Å². The summed E-state index contributed by atoms with van der Waals surface area (Å²) in [6.45, 7) is -2.24. The van der Waals surface area contributed by atoms with Crippen LogP contribution in [0.2, 0.25) is 0 Å². The third kappa shape index (κ3) is 5.20. The summed E-state index contributed by atoms with van der Waals surface area (Å²) in [7, 11) is 0. The third-order valence-electron chi connectivity index (χ3n) is 2.30. The molecule has 0 unspecified atom stereocenters. The van der Waals surface area contributed by atoms with Crippen LogP contribution in [0.15, 0.2) is 24.3 Å². The van der Waals surface area contributed by atoms with Gasteiger partial charge in [-0.2, -0.15) is 8.78 Å². The smallest absolute Gasteiger partial charge is 0.387 e. The van der Waals surface area contributed by atoms with E-state index in [1.165, 1.54) is 29.2 Å². The van der Waals surface area contributed by atoms with Crippen LogP contribution in [0.25, 0.3) is 0 Å². The molecule has 1 rings (SSSR count). The average Bonchev–Trinajstić information content (AvgIpc) is 2.37. The van der Waals surface area contributed by atoms with Gasteiger partial charge in [-0.3, -0.25) is 4.79 Å². The predicted molar refractivity (Wildman–Crippen MR) is 70.4 cm³/mol. The summed E-state index contributed by atoms with van der Waals surface area (Å²) >= 11 is 11.2. The first kappa shape index (κ1) is 16.0. The fourth-order valence-electron chi connectivity index (χ4n) is 1.51. The Bertz CT molecular complexity index is 412. The van der Waals surface area contributed by atoms with Crippen LogP contribution in [0.4, 0.5) is 8.78 Å². The number of benzene rings is 1. The number of alkyl halides is 4. The van der Waals surface area contributed by atoms with E-state index in [9.17, 15) is 13.6 Å². The highest BCUT2D eigenvalue weighted by Gasteiger charge is 2.16. The SMILES string of the molecule is O=C(c1cccc(OC(F)F)c1)N(CCCl)CCCl. The Morgan fingerprint density at radius 2 is 1.89 bits per heavy atom. The maximum absolute atomic E-state index is 12.1. The van der Waals surface area contributed by atoms with E-state index in [1.54, 1.807) is 0 Å². The van der Waals surface area contributed by atoms with Crippen molar-refractivity contribution in [2.24, 2.45) is 0 Å². The number of hydrogen-bond donors (Lipinski definition) is 0. The van der Waals surface area contributed by atoms with Crippen molar-refractivity contribution in [3.63, 3.8) is 0 Å². The van der Waals surface area contributed by atoms with Crippen molar-refractivity contribution < 1.29 is 18.3 Å². The molecule has 0 aliphatic rings. The quantitative estimate of drug-likeness (QED) is 0.724. The molecule has 0 aliphatic heterocycles. The van der Waals surface area contributed by atoms with Crippen LogP contribution in [0, 0.1) is 0 Å². The first-order valence-corrected chi connectivity index (χ1v) is 6.61. The molecule has 0 saturated carbocycles. The van der Waals surface area contributed by atoms with Crippen molar-refractivity contribution in [2.75, 3.05) is 24.8 Å². The molecule has 1 aromatic carbocycles. The van der Waals surface area contributed by atoms with Gasteiger partial charge in [-0.25, -0.2) is 0 Å². The predicted octanol–water partition coefficient (Wildman–Crippen LogP) is 3.21. The highest BCUT2D eigenvalue weighted by atomic mass is 35.5. The minimum atomic E-state index is -2.92. The van der Waals surface area contributed by atoms with Crippen LogP contribution in [-0.2, 0) is 0 Å². The summed E-state index contributed by atoms with van der Waals surface area (Å²) in [5, 5.41) is 0. The van der Waals surface area contributed by atoms with Gasteiger partial charge in [0.25, 0.3) is 5.91 Å². The average molecular weight is 312 g/mol. The van der Waals surface area contributed by atoms with Gasteiger partial charge < -0.3 is 9.64 Å². The molecule has 0 aliphatic carbocycles. The highest BCUT2D eigenvalue weighted by molar-refractivity contribution is 6.18. The summed E-state index contributed by atoms with van der Waals surface area (Å²) in [6, 6.07) is 5.63. The van der Waals surface area contributed by atoms with Gasteiger partial charge in [0.2, 0.25) is 0 Å². The molecule has 7 heteroatoms. The minimum absolute atomic E-state index is 0.0578. The number of halogens is 4. The molecular formula is C12H13Cl2F2NO2. The molecular weight excluding hydrogens is 299 g/mol. The Labute approximate surface area is 120 Å². The molecule has 19 heavy (non-hydrogen) atoms. The molecule has 0 N–H and O–H groups in total. The molecule has 0 spiro atoms. The van der Waals surface area contributed by atoms with Gasteiger partial charge in [0.1, 0.15) is 5.75 Å². The zero-order chi connectivity index (χ0) is 14.3. The number of ether oxygens (including phenoxy) is 1. The van der Waals surface area contributed by atoms with Gasteiger partial charge in [-0.05, 0) is 18.2 Å². The lowest BCUT2D eigenvalue weighted by Gasteiger charge is -2.20. The molecule has 0 aromatic heterocycles. The van der Waals surface area contributed by atoms with Gasteiger partial charge in [0.05, 0.1) is 0 Å². The fraction of sp³-hybridized carbons (Fsp3) is 0.417. The Hall–Kier alpha value is -1.07. The van der Waals surface area contributed by atoms with Crippen LogP contribution >= 0.6 is 23.2 Å². The normalized spacial score (nSPS) is 10.6. The van der Waals surface area contributed by atoms with Gasteiger partial charge >= 0.3 is 6.61 Å². The summed E-state index contributed by atoms with van der Waals surface area (Å²) in [4.78, 5) is 13.6. The monoisotopic (exact) mass is 311 g/mol. The van der Waals surface area contributed by atoms with E-state index in [-0.39, 0.29) is 29.0 Å². The molecule has 106 valence electrons. The number of nitrogens with zero attached hydrogens (tertiary/aromatic N) is 1. The number of amides is 1. The van der Waals surface area contributed by atoms with E-state index >= 15 is 0 Å². The molecule has 0 radical (unpaired) electrons. The van der Waals surface area contributed by atoms with Gasteiger partial charge in [0, 0.05) is 30.4 Å². The summed E-state index contributed by atoms with van der Waals surface area (Å²) in [5.74, 6) is 0.171. The Balaban J connectivity index is 2.84. The number of rotatable bonds is 7. The second-order valence-corrected chi connectivity index (χ2v) is 4.33. The van der Waals surface area contributed by atoms with Crippen LogP contribution in [-0.4, -0.2) is 42.3 Å². The zero-order valence-electron chi connectivity index (χ0n) is 9.99. The molecule has 1 amide bonds. The van der Waals surface area contributed by atoms with Crippen molar-refractivity contribution in [3.8, 4) is 5.75 Å². The lowest BCUT2D eigenvalue weighted by molar-refractivity contribution is -0.0499. The number of hydrogen-bond acceptors (Lipinski definition) is 2. The van der Waals surface area contributed by atoms with Gasteiger partial charge in [-0.15, -0.1) is 23.2 Å². The van der Waals surface area contributed by atoms with Crippen molar-refractivity contribution in [2.45, 2.75) is 6.61 Å². The molecule has 0 fully saturated rings. The van der Waals surface area contributed by atoms with Crippen molar-refractivity contribution in [1.82, 2.24) is 4.90 Å². The Morgan fingerprint density at radius 1 is 1.26 bits per heavy atom. The molecule has 0 saturated heterocycles. The van der Waals surface area contributed by atoms with E-state index in [0.29, 0.717) is 13.1 Å². The van der Waals surface area contributed by atoms with Crippen molar-refractivity contribution in [3.05, 3.63) is 29.8 Å². The minimum Gasteiger partial charge on any atom is -0.435 e. The van der Waals surface area contributed by atoms with E-state index in [4.69, 9.17) is 23.2 Å². The maximum atomic E-state index is 12.1. The number of carbonyl (C=O) groups excluding carboxylic acids is 1. The van der Waals surface area contributed by atoms with E-state index in [2.05, 4.69) is 4.74 Å². The maximum Gasteiger partial charge on any atom is 0.387 e. The van der Waals surface area contributed by atoms with Crippen LogP contribution in [0.3, 0.4) is 0 Å². The third-order valence-corrected chi connectivity index (χ3v) is 2.64. The molecule has 1 aromatic rings. The van der Waals surface area contributed by atoms with Crippen LogP contribution in [0.5, 0.6) is 5.75 Å². The number of carbonyl (C=O) groups is 1. The van der Waals surface area contributed by atoms with Crippen molar-refractivity contribution in [1.29, 1.82) is 0 Å². The summed E-state index contributed by atoms with van der Waals surface area (Å²) in [5.41, 5.74) is 0.258. The second kappa shape index (κ2) is 8.17. The van der Waals surface area contributed by atoms with Crippen LogP contribution < -0.4 is 4.74 Å². The summed E-state index contributed by atoms with van der Waals surface area (Å²) in [6.07, 6.45) is 0. The standard InChI is InChI=1S/C12H13Cl2F2NO2/c13-4-6-17(7-5-14)11(18)9-2-1-3-10(8-9)19-12(15)16/h1-3,8,12H,4-7H2. The van der Waals surface area contributed by atoms with E-state index < -0.39 is 6.61 Å². The lowest BCUT2D eigenvalue weighted by atomic mass is 10.2. The van der Waals surface area contributed by atoms with Crippen molar-refractivity contribution >= 4 is 29.1 Å². The Morgan fingerprint density at radius 3 is 2.42 bits per heavy atom. The van der Waals surface area contributed by atoms with Gasteiger partial charge in [-0.1, -0.05) is 6.07 Å². The van der Waals surface area contributed by atoms with Crippen LogP contribution in [0.1, 0.15) is 10.4 Å². The fourth-order valence-corrected chi connectivity index (χ4v) is 1.91. The topological polar surface area (TPSA) is 29.5 Å². The van der Waals surface area contributed by atoms with E-state index in [0.717, 1.165) is 0 Å². The van der Waals surface area contributed by atoms with E-state index in [1.807, 2.05) is 0 Å². The molecule has 0 atom stereocenters. The Kier molecular flexibility index (Phi) is 6.87. The first-order chi connectivity index (χ1) is 9.08. The largest absolute Gasteiger partial charge is 0.435 e. The highest BCUT2D eigenvalue weighted by Crippen LogP contribution is 2.17. The molecule has 0 bridgehead atoms. The zero-order valence-corrected chi connectivity index (χ0v) is 11.5. The first-order valence-electron chi connectivity index (χ1n) is 5.54. The molecule has 3 nitrogen and oxygen atoms in total. The molecule has 0 heterocycles.